The zero-order chi connectivity index (χ0) is 14.0. The van der Waals surface area contributed by atoms with Gasteiger partial charge in [-0.05, 0) is 31.4 Å². The third kappa shape index (κ3) is 3.20. The van der Waals surface area contributed by atoms with Gasteiger partial charge in [0, 0.05) is 6.20 Å². The van der Waals surface area contributed by atoms with Gasteiger partial charge >= 0.3 is 0 Å². The molecule has 2 aromatic heterocycles. The molecule has 0 radical (unpaired) electrons. The molecule has 0 unspecified atom stereocenters. The fraction of sp³-hybridized carbons (Fsp3) is 0.385. The summed E-state index contributed by atoms with van der Waals surface area (Å²) >= 11 is 0. The summed E-state index contributed by atoms with van der Waals surface area (Å²) in [6.45, 7) is 0.165. The van der Waals surface area contributed by atoms with E-state index in [4.69, 9.17) is 10.3 Å². The lowest BCUT2D eigenvalue weighted by atomic mass is 9.77. The summed E-state index contributed by atoms with van der Waals surface area (Å²) in [5.74, 6) is 0.586. The van der Waals surface area contributed by atoms with E-state index in [9.17, 15) is 4.79 Å². The van der Waals surface area contributed by atoms with Gasteiger partial charge in [0.1, 0.15) is 5.69 Å². The van der Waals surface area contributed by atoms with Gasteiger partial charge in [-0.15, -0.1) is 12.4 Å². The number of aromatic nitrogens is 3. The minimum atomic E-state index is -0.452. The Bertz CT molecular complexity index is 612. The third-order valence-corrected chi connectivity index (χ3v) is 3.46. The van der Waals surface area contributed by atoms with Crippen molar-refractivity contribution >= 4 is 18.3 Å². The summed E-state index contributed by atoms with van der Waals surface area (Å²) in [5.41, 5.74) is 6.00. The first-order chi connectivity index (χ1) is 9.67. The Balaban J connectivity index is 0.00000161. The molecule has 2 heterocycles. The van der Waals surface area contributed by atoms with Gasteiger partial charge in [0.25, 0.3) is 5.91 Å². The van der Waals surface area contributed by atoms with Crippen LogP contribution in [0.15, 0.2) is 28.9 Å². The van der Waals surface area contributed by atoms with Gasteiger partial charge in [0.2, 0.25) is 5.89 Å². The van der Waals surface area contributed by atoms with Crippen LogP contribution in [0, 0.1) is 0 Å². The molecule has 112 valence electrons. The minimum absolute atomic E-state index is 0. The molecule has 0 bridgehead atoms. The average molecular weight is 310 g/mol. The molecule has 0 atom stereocenters. The molecule has 1 fully saturated rings. The van der Waals surface area contributed by atoms with E-state index in [1.54, 1.807) is 24.4 Å². The maximum absolute atomic E-state index is 11.8. The van der Waals surface area contributed by atoms with E-state index in [0.717, 1.165) is 19.3 Å². The number of carbonyl (C=O) groups is 1. The molecule has 3 rings (SSSR count). The molecule has 7 nitrogen and oxygen atoms in total. The predicted molar refractivity (Wildman–Crippen MR) is 76.7 cm³/mol. The summed E-state index contributed by atoms with van der Waals surface area (Å²) in [6, 6.07) is 5.14. The lowest BCUT2D eigenvalue weighted by Gasteiger charge is -2.34. The molecule has 2 aromatic rings. The first kappa shape index (κ1) is 15.4. The molecule has 0 aromatic carbocycles. The van der Waals surface area contributed by atoms with E-state index in [-0.39, 0.29) is 24.9 Å². The number of rotatable bonds is 4. The number of hydrogen-bond donors (Lipinski definition) is 2. The van der Waals surface area contributed by atoms with Gasteiger partial charge in [-0.3, -0.25) is 9.78 Å². The van der Waals surface area contributed by atoms with Gasteiger partial charge in [0.15, 0.2) is 5.82 Å². The average Bonchev–Trinajstić information content (AvgIpc) is 2.92. The van der Waals surface area contributed by atoms with Gasteiger partial charge < -0.3 is 15.6 Å². The summed E-state index contributed by atoms with van der Waals surface area (Å²) < 4.78 is 5.10. The number of amides is 1. The Labute approximate surface area is 127 Å². The minimum Gasteiger partial charge on any atom is -0.342 e. The van der Waals surface area contributed by atoms with E-state index in [1.807, 2.05) is 0 Å². The number of nitrogens with zero attached hydrogens (tertiary/aromatic N) is 3. The Hall–Kier alpha value is -1.99. The Kier molecular flexibility index (Phi) is 4.54. The smallest absolute Gasteiger partial charge is 0.270 e. The van der Waals surface area contributed by atoms with E-state index < -0.39 is 5.54 Å². The maximum Gasteiger partial charge on any atom is 0.270 e. The van der Waals surface area contributed by atoms with Crippen LogP contribution in [0.1, 0.15) is 41.5 Å². The van der Waals surface area contributed by atoms with Crippen LogP contribution in [0.4, 0.5) is 0 Å². The monoisotopic (exact) mass is 309 g/mol. The highest BCUT2D eigenvalue weighted by atomic mass is 35.5. The molecule has 0 spiro atoms. The van der Waals surface area contributed by atoms with Crippen LogP contribution in [-0.4, -0.2) is 21.0 Å². The normalized spacial score (nSPS) is 15.7. The van der Waals surface area contributed by atoms with Gasteiger partial charge in [-0.1, -0.05) is 11.2 Å². The molecule has 1 amide bonds. The molecular formula is C13H16ClN5O2. The van der Waals surface area contributed by atoms with Crippen LogP contribution in [0.3, 0.4) is 0 Å². The molecule has 1 aliphatic rings. The fourth-order valence-corrected chi connectivity index (χ4v) is 2.05. The van der Waals surface area contributed by atoms with Crippen molar-refractivity contribution < 1.29 is 9.32 Å². The van der Waals surface area contributed by atoms with Gasteiger partial charge in [-0.25, -0.2) is 0 Å². The predicted octanol–water partition coefficient (Wildman–Crippen LogP) is 1.15. The molecule has 0 saturated heterocycles. The molecule has 1 aliphatic carbocycles. The SMILES string of the molecule is Cl.NC1(c2noc(CNC(=O)c3ccccn3)n2)CCC1. The van der Waals surface area contributed by atoms with Crippen molar-refractivity contribution in [2.45, 2.75) is 31.3 Å². The summed E-state index contributed by atoms with van der Waals surface area (Å²) in [5, 5.41) is 6.56. The second kappa shape index (κ2) is 6.19. The van der Waals surface area contributed by atoms with Crippen molar-refractivity contribution in [1.82, 2.24) is 20.4 Å². The van der Waals surface area contributed by atoms with Crippen LogP contribution >= 0.6 is 12.4 Å². The number of nitrogens with one attached hydrogen (secondary N) is 1. The number of carbonyl (C=O) groups excluding carboxylic acids is 1. The van der Waals surface area contributed by atoms with Crippen molar-refractivity contribution in [1.29, 1.82) is 0 Å². The second-order valence-corrected chi connectivity index (χ2v) is 4.92. The topological polar surface area (TPSA) is 107 Å². The van der Waals surface area contributed by atoms with Crippen LogP contribution in [0.2, 0.25) is 0 Å². The van der Waals surface area contributed by atoms with Crippen molar-refractivity contribution in [3.05, 3.63) is 41.8 Å². The highest BCUT2D eigenvalue weighted by Crippen LogP contribution is 2.36. The second-order valence-electron chi connectivity index (χ2n) is 4.92. The molecule has 0 aliphatic heterocycles. The Morgan fingerprint density at radius 3 is 2.86 bits per heavy atom. The molecule has 3 N–H and O–H groups in total. The van der Waals surface area contributed by atoms with Crippen LogP contribution in [-0.2, 0) is 12.1 Å². The highest BCUT2D eigenvalue weighted by molar-refractivity contribution is 5.92. The quantitative estimate of drug-likeness (QED) is 0.877. The van der Waals surface area contributed by atoms with Gasteiger partial charge in [0.05, 0.1) is 12.1 Å². The van der Waals surface area contributed by atoms with Crippen molar-refractivity contribution in [3.63, 3.8) is 0 Å². The summed E-state index contributed by atoms with van der Waals surface area (Å²) in [6.07, 6.45) is 4.38. The number of hydrogen-bond acceptors (Lipinski definition) is 6. The van der Waals surface area contributed by atoms with E-state index >= 15 is 0 Å². The molecule has 8 heteroatoms. The molecule has 1 saturated carbocycles. The van der Waals surface area contributed by atoms with E-state index in [2.05, 4.69) is 20.4 Å². The fourth-order valence-electron chi connectivity index (χ4n) is 2.05. The van der Waals surface area contributed by atoms with Crippen LogP contribution < -0.4 is 11.1 Å². The molecule has 21 heavy (non-hydrogen) atoms. The maximum atomic E-state index is 11.8. The first-order valence-electron chi connectivity index (χ1n) is 6.49. The first-order valence-corrected chi connectivity index (χ1v) is 6.49. The highest BCUT2D eigenvalue weighted by Gasteiger charge is 2.38. The lowest BCUT2D eigenvalue weighted by Crippen LogP contribution is -2.44. The summed E-state index contributed by atoms with van der Waals surface area (Å²) in [7, 11) is 0. The Morgan fingerprint density at radius 2 is 2.24 bits per heavy atom. The Morgan fingerprint density at radius 1 is 1.43 bits per heavy atom. The van der Waals surface area contributed by atoms with Crippen molar-refractivity contribution in [2.24, 2.45) is 5.73 Å². The van der Waals surface area contributed by atoms with Gasteiger partial charge in [-0.2, -0.15) is 4.98 Å². The van der Waals surface area contributed by atoms with Crippen LogP contribution in [0.5, 0.6) is 0 Å². The standard InChI is InChI=1S/C13H15N5O2.ClH/c14-13(5-3-6-13)12-17-10(20-18-12)8-16-11(19)9-4-1-2-7-15-9;/h1-2,4,7H,3,5-6,8,14H2,(H,16,19);1H. The largest absolute Gasteiger partial charge is 0.342 e. The lowest BCUT2D eigenvalue weighted by molar-refractivity contribution is 0.0941. The van der Waals surface area contributed by atoms with E-state index in [1.165, 1.54) is 0 Å². The number of halogens is 1. The van der Waals surface area contributed by atoms with E-state index in [0.29, 0.717) is 17.4 Å². The van der Waals surface area contributed by atoms with Crippen molar-refractivity contribution in [3.8, 4) is 0 Å². The zero-order valence-electron chi connectivity index (χ0n) is 11.3. The van der Waals surface area contributed by atoms with Crippen molar-refractivity contribution in [2.75, 3.05) is 0 Å². The molecular weight excluding hydrogens is 294 g/mol. The number of nitrogens with two attached hydrogens (primary N) is 1. The van der Waals surface area contributed by atoms with Crippen LogP contribution in [0.25, 0.3) is 0 Å². The summed E-state index contributed by atoms with van der Waals surface area (Å²) in [4.78, 5) is 20.0. The third-order valence-electron chi connectivity index (χ3n) is 3.46. The zero-order valence-corrected chi connectivity index (χ0v) is 12.1. The number of pyridine rings is 1.